The van der Waals surface area contributed by atoms with Gasteiger partial charge in [-0.3, -0.25) is 4.79 Å². The maximum absolute atomic E-state index is 13.5. The standard InChI is InChI=1S/C27H29F3N4O/c1-16-13-22(19-3-2-4-19)23(25-32-15-24(33-25)27(28,29)30)14-21(16)26(35)34-11-9-18(10-12-34)17-5-7-20(31)8-6-17/h5-8,13-15,18-19H,2-4,9-12,31H2,1H3,(H,32,33). The van der Waals surface area contributed by atoms with Crippen molar-refractivity contribution in [2.24, 2.45) is 0 Å². The molecular weight excluding hydrogens is 453 g/mol. The van der Waals surface area contributed by atoms with Gasteiger partial charge in [0.05, 0.1) is 6.20 Å². The first-order valence-corrected chi connectivity index (χ1v) is 12.1. The lowest BCUT2D eigenvalue weighted by Crippen LogP contribution is -2.38. The van der Waals surface area contributed by atoms with E-state index in [4.69, 9.17) is 5.73 Å². The number of H-pyrrole nitrogens is 1. The summed E-state index contributed by atoms with van der Waals surface area (Å²) in [7, 11) is 0. The first-order chi connectivity index (χ1) is 16.7. The lowest BCUT2D eigenvalue weighted by atomic mass is 9.77. The third kappa shape index (κ3) is 4.66. The zero-order valence-corrected chi connectivity index (χ0v) is 19.7. The number of imidazole rings is 1. The van der Waals surface area contributed by atoms with E-state index in [-0.39, 0.29) is 17.6 Å². The number of likely N-dealkylation sites (tertiary alicyclic amines) is 1. The number of amides is 1. The van der Waals surface area contributed by atoms with Gasteiger partial charge in [0.15, 0.2) is 0 Å². The number of nitrogens with one attached hydrogen (secondary N) is 1. The van der Waals surface area contributed by atoms with Crippen LogP contribution in [-0.4, -0.2) is 33.9 Å². The number of carbonyl (C=O) groups excluding carboxylic acids is 1. The summed E-state index contributed by atoms with van der Waals surface area (Å²) in [6.45, 7) is 3.17. The molecule has 8 heteroatoms. The van der Waals surface area contributed by atoms with Gasteiger partial charge >= 0.3 is 6.18 Å². The van der Waals surface area contributed by atoms with Crippen LogP contribution in [-0.2, 0) is 6.18 Å². The van der Waals surface area contributed by atoms with Gasteiger partial charge in [0, 0.05) is 29.9 Å². The van der Waals surface area contributed by atoms with E-state index >= 15 is 0 Å². The van der Waals surface area contributed by atoms with E-state index in [9.17, 15) is 18.0 Å². The number of nitrogens with zero attached hydrogens (tertiary/aromatic N) is 2. The highest BCUT2D eigenvalue weighted by molar-refractivity contribution is 5.97. The number of piperidine rings is 1. The summed E-state index contributed by atoms with van der Waals surface area (Å²) in [5.74, 6) is 0.738. The first-order valence-electron chi connectivity index (χ1n) is 12.1. The van der Waals surface area contributed by atoms with Crippen LogP contribution in [0.4, 0.5) is 18.9 Å². The number of hydrogen-bond acceptors (Lipinski definition) is 3. The normalized spacial score (nSPS) is 17.4. The van der Waals surface area contributed by atoms with Crippen LogP contribution >= 0.6 is 0 Å². The number of aromatic amines is 1. The predicted molar refractivity (Wildman–Crippen MR) is 129 cm³/mol. The Morgan fingerprint density at radius 1 is 1.06 bits per heavy atom. The van der Waals surface area contributed by atoms with Gasteiger partial charge in [-0.05, 0) is 79.3 Å². The largest absolute Gasteiger partial charge is 0.432 e. The second-order valence-electron chi connectivity index (χ2n) is 9.76. The Bertz CT molecular complexity index is 1220. The molecule has 2 aromatic carbocycles. The summed E-state index contributed by atoms with van der Waals surface area (Å²) in [4.78, 5) is 21.8. The summed E-state index contributed by atoms with van der Waals surface area (Å²) in [5, 5.41) is 0. The average molecular weight is 483 g/mol. The molecule has 3 N–H and O–H groups in total. The molecule has 0 spiro atoms. The lowest BCUT2D eigenvalue weighted by molar-refractivity contribution is -0.140. The molecule has 1 aliphatic heterocycles. The third-order valence-electron chi connectivity index (χ3n) is 7.50. The number of aryl methyl sites for hydroxylation is 1. The minimum absolute atomic E-state index is 0.0812. The molecule has 0 radical (unpaired) electrons. The minimum atomic E-state index is -4.50. The van der Waals surface area contributed by atoms with Crippen LogP contribution in [0.1, 0.15) is 76.7 Å². The number of anilines is 1. The zero-order chi connectivity index (χ0) is 24.7. The van der Waals surface area contributed by atoms with Crippen LogP contribution in [0.2, 0.25) is 0 Å². The van der Waals surface area contributed by atoms with Gasteiger partial charge in [0.2, 0.25) is 0 Å². The lowest BCUT2D eigenvalue weighted by Gasteiger charge is -2.33. The highest BCUT2D eigenvalue weighted by Gasteiger charge is 2.34. The Morgan fingerprint density at radius 3 is 2.31 bits per heavy atom. The summed E-state index contributed by atoms with van der Waals surface area (Å²) in [6.07, 6.45) is 1.11. The molecule has 2 aliphatic rings. The quantitative estimate of drug-likeness (QED) is 0.430. The van der Waals surface area contributed by atoms with Crippen molar-refractivity contribution in [2.45, 2.75) is 57.0 Å². The fourth-order valence-electron chi connectivity index (χ4n) is 5.18. The minimum Gasteiger partial charge on any atom is -0.399 e. The predicted octanol–water partition coefficient (Wildman–Crippen LogP) is 6.27. The van der Waals surface area contributed by atoms with E-state index < -0.39 is 11.9 Å². The molecule has 35 heavy (non-hydrogen) atoms. The Hall–Kier alpha value is -3.29. The number of nitrogen functional groups attached to an aromatic ring is 1. The van der Waals surface area contributed by atoms with Crippen molar-refractivity contribution in [2.75, 3.05) is 18.8 Å². The number of nitrogens with two attached hydrogens (primary N) is 1. The zero-order valence-electron chi connectivity index (χ0n) is 19.7. The Morgan fingerprint density at radius 2 is 1.74 bits per heavy atom. The van der Waals surface area contributed by atoms with Crippen molar-refractivity contribution in [3.63, 3.8) is 0 Å². The van der Waals surface area contributed by atoms with Crippen LogP contribution in [0.25, 0.3) is 11.4 Å². The maximum atomic E-state index is 13.5. The van der Waals surface area contributed by atoms with Crippen LogP contribution < -0.4 is 5.73 Å². The Kier molecular flexibility index (Phi) is 6.07. The van der Waals surface area contributed by atoms with E-state index in [1.165, 1.54) is 5.56 Å². The van der Waals surface area contributed by atoms with Gasteiger partial charge in [0.1, 0.15) is 11.5 Å². The fourth-order valence-corrected chi connectivity index (χ4v) is 5.18. The second-order valence-corrected chi connectivity index (χ2v) is 9.76. The molecular formula is C27H29F3N4O. The molecule has 0 unspecified atom stereocenters. The summed E-state index contributed by atoms with van der Waals surface area (Å²) in [5.41, 5.74) is 9.82. The molecule has 1 amide bonds. The molecule has 1 aliphatic carbocycles. The number of aromatic nitrogens is 2. The van der Waals surface area contributed by atoms with E-state index in [0.29, 0.717) is 30.1 Å². The van der Waals surface area contributed by atoms with Gasteiger partial charge < -0.3 is 15.6 Å². The second kappa shape index (κ2) is 9.06. The van der Waals surface area contributed by atoms with Crippen molar-refractivity contribution in [1.82, 2.24) is 14.9 Å². The van der Waals surface area contributed by atoms with Gasteiger partial charge in [-0.25, -0.2) is 4.98 Å². The van der Waals surface area contributed by atoms with E-state index in [1.54, 1.807) is 6.07 Å². The van der Waals surface area contributed by atoms with Gasteiger partial charge in [-0.1, -0.05) is 24.6 Å². The topological polar surface area (TPSA) is 75.0 Å². The molecule has 1 saturated carbocycles. The number of alkyl halides is 3. The number of hydrogen-bond donors (Lipinski definition) is 2. The highest BCUT2D eigenvalue weighted by Crippen LogP contribution is 2.42. The number of benzene rings is 2. The molecule has 0 atom stereocenters. The Labute approximate surface area is 202 Å². The third-order valence-corrected chi connectivity index (χ3v) is 7.50. The Balaban J connectivity index is 1.40. The van der Waals surface area contributed by atoms with Crippen molar-refractivity contribution in [1.29, 1.82) is 0 Å². The van der Waals surface area contributed by atoms with E-state index in [1.807, 2.05) is 42.2 Å². The maximum Gasteiger partial charge on any atom is 0.432 e. The van der Waals surface area contributed by atoms with Gasteiger partial charge in [0.25, 0.3) is 5.91 Å². The fraction of sp³-hybridized carbons (Fsp3) is 0.407. The number of halogens is 3. The van der Waals surface area contributed by atoms with Crippen LogP contribution in [0.5, 0.6) is 0 Å². The number of rotatable bonds is 4. The molecule has 5 nitrogen and oxygen atoms in total. The number of carbonyl (C=O) groups is 1. The first kappa shape index (κ1) is 23.5. The van der Waals surface area contributed by atoms with Crippen LogP contribution in [0.15, 0.2) is 42.6 Å². The van der Waals surface area contributed by atoms with Gasteiger partial charge in [-0.2, -0.15) is 13.2 Å². The monoisotopic (exact) mass is 482 g/mol. The van der Waals surface area contributed by atoms with Gasteiger partial charge in [-0.15, -0.1) is 0 Å². The summed E-state index contributed by atoms with van der Waals surface area (Å²) < 4.78 is 39.6. The molecule has 1 aromatic heterocycles. The van der Waals surface area contributed by atoms with Crippen molar-refractivity contribution >= 4 is 11.6 Å². The average Bonchev–Trinajstić information content (AvgIpc) is 3.29. The van der Waals surface area contributed by atoms with E-state index in [0.717, 1.165) is 55.1 Å². The SMILES string of the molecule is Cc1cc(C2CCC2)c(-c2ncc(C(F)(F)F)[nH]2)cc1C(=O)N1CCC(c2ccc(N)cc2)CC1. The van der Waals surface area contributed by atoms with Crippen molar-refractivity contribution in [3.05, 3.63) is 70.5 Å². The summed E-state index contributed by atoms with van der Waals surface area (Å²) >= 11 is 0. The molecule has 2 fully saturated rings. The van der Waals surface area contributed by atoms with Crippen molar-refractivity contribution in [3.8, 4) is 11.4 Å². The molecule has 184 valence electrons. The highest BCUT2D eigenvalue weighted by atomic mass is 19.4. The van der Waals surface area contributed by atoms with E-state index in [2.05, 4.69) is 9.97 Å². The molecule has 3 aromatic rings. The molecule has 5 rings (SSSR count). The van der Waals surface area contributed by atoms with Crippen LogP contribution in [0, 0.1) is 6.92 Å². The smallest absolute Gasteiger partial charge is 0.399 e. The molecule has 2 heterocycles. The van der Waals surface area contributed by atoms with Crippen LogP contribution in [0.3, 0.4) is 0 Å². The molecule has 1 saturated heterocycles. The molecule has 0 bridgehead atoms. The summed E-state index contributed by atoms with van der Waals surface area (Å²) in [6, 6.07) is 11.6. The van der Waals surface area contributed by atoms with Crippen molar-refractivity contribution < 1.29 is 18.0 Å².